The number of piperidine rings is 1. The Labute approximate surface area is 126 Å². The summed E-state index contributed by atoms with van der Waals surface area (Å²) in [5.41, 5.74) is 0.937. The van der Waals surface area contributed by atoms with Crippen LogP contribution in [0.25, 0.3) is 0 Å². The predicted molar refractivity (Wildman–Crippen MR) is 81.4 cm³/mol. The number of nitrogens with zero attached hydrogens (tertiary/aromatic N) is 1. The Balaban J connectivity index is 2.29. The van der Waals surface area contributed by atoms with E-state index in [4.69, 9.17) is 11.6 Å². The van der Waals surface area contributed by atoms with E-state index in [1.54, 1.807) is 16.4 Å². The van der Waals surface area contributed by atoms with Crippen molar-refractivity contribution in [2.75, 3.05) is 19.6 Å². The van der Waals surface area contributed by atoms with Gasteiger partial charge in [-0.3, -0.25) is 0 Å². The molecule has 0 bridgehead atoms. The maximum atomic E-state index is 12.7. The number of benzene rings is 1. The zero-order valence-corrected chi connectivity index (χ0v) is 13.3. The number of hydrogen-bond acceptors (Lipinski definition) is 3. The molecule has 2 rings (SSSR count). The van der Waals surface area contributed by atoms with Crippen LogP contribution in [0.1, 0.15) is 31.7 Å². The SMILES string of the molecule is CCNCc1ccc(Cl)c(S(=O)(=O)N2CCCCC2)c1. The molecular formula is C14H21ClN2O2S. The molecule has 1 fully saturated rings. The zero-order valence-electron chi connectivity index (χ0n) is 11.7. The summed E-state index contributed by atoms with van der Waals surface area (Å²) in [6.45, 7) is 4.69. The van der Waals surface area contributed by atoms with E-state index in [0.29, 0.717) is 24.7 Å². The lowest BCUT2D eigenvalue weighted by Gasteiger charge is -2.26. The van der Waals surface area contributed by atoms with Gasteiger partial charge in [0.25, 0.3) is 0 Å². The monoisotopic (exact) mass is 316 g/mol. The van der Waals surface area contributed by atoms with Crippen molar-refractivity contribution in [2.45, 2.75) is 37.6 Å². The third-order valence-electron chi connectivity index (χ3n) is 3.51. The van der Waals surface area contributed by atoms with Gasteiger partial charge in [-0.2, -0.15) is 4.31 Å². The van der Waals surface area contributed by atoms with Crippen molar-refractivity contribution in [3.63, 3.8) is 0 Å². The van der Waals surface area contributed by atoms with Crippen LogP contribution in [0.15, 0.2) is 23.1 Å². The van der Waals surface area contributed by atoms with Gasteiger partial charge in [0.1, 0.15) is 4.90 Å². The van der Waals surface area contributed by atoms with Gasteiger partial charge in [0.15, 0.2) is 0 Å². The Bertz CT molecular complexity index is 554. The molecule has 1 N–H and O–H groups in total. The Morgan fingerprint density at radius 2 is 1.95 bits per heavy atom. The summed E-state index contributed by atoms with van der Waals surface area (Å²) >= 11 is 6.11. The number of hydrogen-bond donors (Lipinski definition) is 1. The summed E-state index contributed by atoms with van der Waals surface area (Å²) in [5, 5.41) is 3.49. The zero-order chi connectivity index (χ0) is 14.6. The van der Waals surface area contributed by atoms with Crippen molar-refractivity contribution in [1.29, 1.82) is 0 Å². The van der Waals surface area contributed by atoms with Crippen LogP contribution in [0, 0.1) is 0 Å². The lowest BCUT2D eigenvalue weighted by molar-refractivity contribution is 0.346. The summed E-state index contributed by atoms with van der Waals surface area (Å²) in [4.78, 5) is 0.233. The van der Waals surface area contributed by atoms with E-state index in [0.717, 1.165) is 31.4 Å². The second kappa shape index (κ2) is 6.89. The van der Waals surface area contributed by atoms with Gasteiger partial charge in [-0.1, -0.05) is 31.0 Å². The third-order valence-corrected chi connectivity index (χ3v) is 5.89. The van der Waals surface area contributed by atoms with Crippen LogP contribution in [-0.4, -0.2) is 32.4 Å². The van der Waals surface area contributed by atoms with Gasteiger partial charge in [-0.15, -0.1) is 0 Å². The molecule has 0 unspecified atom stereocenters. The fourth-order valence-corrected chi connectivity index (χ4v) is 4.41. The molecule has 0 aromatic heterocycles. The largest absolute Gasteiger partial charge is 0.313 e. The van der Waals surface area contributed by atoms with Crippen molar-refractivity contribution in [3.8, 4) is 0 Å². The smallest absolute Gasteiger partial charge is 0.244 e. The van der Waals surface area contributed by atoms with E-state index < -0.39 is 10.0 Å². The normalized spacial score (nSPS) is 17.3. The molecular weight excluding hydrogens is 296 g/mol. The van der Waals surface area contributed by atoms with Crippen LogP contribution in [0.3, 0.4) is 0 Å². The highest BCUT2D eigenvalue weighted by molar-refractivity contribution is 7.89. The number of nitrogens with one attached hydrogen (secondary N) is 1. The molecule has 0 atom stereocenters. The minimum Gasteiger partial charge on any atom is -0.313 e. The summed E-state index contributed by atoms with van der Waals surface area (Å²) in [7, 11) is -3.47. The highest BCUT2D eigenvalue weighted by atomic mass is 35.5. The van der Waals surface area contributed by atoms with Crippen LogP contribution in [0.2, 0.25) is 5.02 Å². The first kappa shape index (κ1) is 15.8. The van der Waals surface area contributed by atoms with Crippen molar-refractivity contribution < 1.29 is 8.42 Å². The van der Waals surface area contributed by atoms with E-state index in [1.165, 1.54) is 0 Å². The standard InChI is InChI=1S/C14H21ClN2O2S/c1-2-16-11-12-6-7-13(15)14(10-12)20(18,19)17-8-4-3-5-9-17/h6-7,10,16H,2-5,8-9,11H2,1H3. The van der Waals surface area contributed by atoms with Gasteiger partial charge in [0.2, 0.25) is 10.0 Å². The molecule has 0 saturated carbocycles. The van der Waals surface area contributed by atoms with E-state index >= 15 is 0 Å². The quantitative estimate of drug-likeness (QED) is 0.908. The predicted octanol–water partition coefficient (Wildman–Crippen LogP) is 2.62. The molecule has 4 nitrogen and oxygen atoms in total. The average Bonchev–Trinajstić information content (AvgIpc) is 2.47. The molecule has 6 heteroatoms. The van der Waals surface area contributed by atoms with E-state index in [2.05, 4.69) is 5.32 Å². The van der Waals surface area contributed by atoms with E-state index in [9.17, 15) is 8.42 Å². The van der Waals surface area contributed by atoms with Gasteiger partial charge < -0.3 is 5.32 Å². The molecule has 0 spiro atoms. The molecule has 20 heavy (non-hydrogen) atoms. The molecule has 1 aromatic carbocycles. The Morgan fingerprint density at radius 3 is 2.60 bits per heavy atom. The molecule has 1 aromatic rings. The van der Waals surface area contributed by atoms with Gasteiger partial charge in [0.05, 0.1) is 5.02 Å². The fourth-order valence-electron chi connectivity index (χ4n) is 2.37. The van der Waals surface area contributed by atoms with Crippen LogP contribution in [0.5, 0.6) is 0 Å². The molecule has 1 aliphatic rings. The minimum absolute atomic E-state index is 0.233. The first-order valence-corrected chi connectivity index (χ1v) is 8.87. The fraction of sp³-hybridized carbons (Fsp3) is 0.571. The summed E-state index contributed by atoms with van der Waals surface area (Å²) in [5.74, 6) is 0. The highest BCUT2D eigenvalue weighted by Gasteiger charge is 2.28. The van der Waals surface area contributed by atoms with Crippen LogP contribution >= 0.6 is 11.6 Å². The van der Waals surface area contributed by atoms with Crippen molar-refractivity contribution in [3.05, 3.63) is 28.8 Å². The lowest BCUT2D eigenvalue weighted by atomic mass is 10.2. The number of rotatable bonds is 5. The first-order valence-electron chi connectivity index (χ1n) is 7.05. The second-order valence-corrected chi connectivity index (χ2v) is 7.32. The maximum Gasteiger partial charge on any atom is 0.244 e. The van der Waals surface area contributed by atoms with Gasteiger partial charge >= 0.3 is 0 Å². The topological polar surface area (TPSA) is 49.4 Å². The van der Waals surface area contributed by atoms with Crippen LogP contribution in [-0.2, 0) is 16.6 Å². The molecule has 0 radical (unpaired) electrons. The van der Waals surface area contributed by atoms with Gasteiger partial charge in [-0.05, 0) is 37.1 Å². The lowest BCUT2D eigenvalue weighted by Crippen LogP contribution is -2.35. The molecule has 112 valence electrons. The van der Waals surface area contributed by atoms with E-state index in [-0.39, 0.29) is 4.90 Å². The van der Waals surface area contributed by atoms with Gasteiger partial charge in [0, 0.05) is 19.6 Å². The van der Waals surface area contributed by atoms with Crippen molar-refractivity contribution in [2.24, 2.45) is 0 Å². The first-order chi connectivity index (χ1) is 9.55. The van der Waals surface area contributed by atoms with Crippen LogP contribution in [0.4, 0.5) is 0 Å². The van der Waals surface area contributed by atoms with E-state index in [1.807, 2.05) is 13.0 Å². The molecule has 0 aliphatic carbocycles. The summed E-state index contributed by atoms with van der Waals surface area (Å²) in [6, 6.07) is 5.22. The van der Waals surface area contributed by atoms with Crippen molar-refractivity contribution >= 4 is 21.6 Å². The summed E-state index contributed by atoms with van der Waals surface area (Å²) in [6.07, 6.45) is 2.95. The molecule has 1 aliphatic heterocycles. The Hall–Kier alpha value is -0.620. The van der Waals surface area contributed by atoms with Gasteiger partial charge in [-0.25, -0.2) is 8.42 Å². The van der Waals surface area contributed by atoms with Crippen molar-refractivity contribution in [1.82, 2.24) is 9.62 Å². The minimum atomic E-state index is -3.47. The third kappa shape index (κ3) is 3.52. The number of sulfonamides is 1. The Morgan fingerprint density at radius 1 is 1.25 bits per heavy atom. The maximum absolute atomic E-state index is 12.7. The Kier molecular flexibility index (Phi) is 5.43. The second-order valence-electron chi connectivity index (χ2n) is 5.01. The highest BCUT2D eigenvalue weighted by Crippen LogP contribution is 2.27. The molecule has 1 heterocycles. The molecule has 0 amide bonds. The molecule has 1 saturated heterocycles. The summed E-state index contributed by atoms with van der Waals surface area (Å²) < 4.78 is 26.9. The number of halogens is 1. The average molecular weight is 317 g/mol. The van der Waals surface area contributed by atoms with Crippen LogP contribution < -0.4 is 5.32 Å².